The van der Waals surface area contributed by atoms with E-state index < -0.39 is 6.61 Å². The van der Waals surface area contributed by atoms with Crippen LogP contribution in [0.15, 0.2) is 42.5 Å². The molecular formula is C24H30F2O. The summed E-state index contributed by atoms with van der Waals surface area (Å²) < 4.78 is 29.9. The first-order valence-electron chi connectivity index (χ1n) is 9.94. The van der Waals surface area contributed by atoms with Gasteiger partial charge in [0.1, 0.15) is 5.75 Å². The SMILES string of the molecule is CC(C)Cc1ccc(-c2cccc(OC(F)F)c2)c([C@H]2CCCC2(C)C)c1. The van der Waals surface area contributed by atoms with Crippen LogP contribution in [0.3, 0.4) is 0 Å². The summed E-state index contributed by atoms with van der Waals surface area (Å²) in [6.45, 7) is 6.36. The van der Waals surface area contributed by atoms with Gasteiger partial charge in [0.25, 0.3) is 0 Å². The highest BCUT2D eigenvalue weighted by Crippen LogP contribution is 2.51. The monoisotopic (exact) mass is 372 g/mol. The average molecular weight is 372 g/mol. The molecule has 0 saturated heterocycles. The minimum Gasteiger partial charge on any atom is -0.435 e. The average Bonchev–Trinajstić information content (AvgIpc) is 2.93. The third-order valence-corrected chi connectivity index (χ3v) is 5.76. The number of alkyl halides is 2. The molecular weight excluding hydrogens is 342 g/mol. The number of benzene rings is 2. The minimum absolute atomic E-state index is 0.213. The Labute approximate surface area is 161 Å². The Morgan fingerprint density at radius 2 is 1.89 bits per heavy atom. The molecule has 0 spiro atoms. The molecule has 2 aromatic carbocycles. The van der Waals surface area contributed by atoms with Gasteiger partial charge in [-0.3, -0.25) is 0 Å². The Balaban J connectivity index is 2.06. The van der Waals surface area contributed by atoms with Gasteiger partial charge >= 0.3 is 6.61 Å². The van der Waals surface area contributed by atoms with Crippen molar-refractivity contribution in [2.75, 3.05) is 0 Å². The molecule has 1 saturated carbocycles. The molecule has 3 rings (SSSR count). The third-order valence-electron chi connectivity index (χ3n) is 5.76. The van der Waals surface area contributed by atoms with Crippen LogP contribution in [0.2, 0.25) is 0 Å². The Morgan fingerprint density at radius 3 is 2.52 bits per heavy atom. The summed E-state index contributed by atoms with van der Waals surface area (Å²) in [6, 6.07) is 13.8. The van der Waals surface area contributed by atoms with Crippen LogP contribution in [0.25, 0.3) is 11.1 Å². The molecule has 0 bridgehead atoms. The topological polar surface area (TPSA) is 9.23 Å². The lowest BCUT2D eigenvalue weighted by atomic mass is 9.75. The van der Waals surface area contributed by atoms with Gasteiger partial charge in [-0.1, -0.05) is 64.4 Å². The fraction of sp³-hybridized carbons (Fsp3) is 0.500. The first-order chi connectivity index (χ1) is 12.8. The van der Waals surface area contributed by atoms with Gasteiger partial charge in [-0.2, -0.15) is 8.78 Å². The molecule has 0 N–H and O–H groups in total. The van der Waals surface area contributed by atoms with Crippen molar-refractivity contribution >= 4 is 0 Å². The highest BCUT2D eigenvalue weighted by atomic mass is 19.3. The van der Waals surface area contributed by atoms with E-state index in [0.717, 1.165) is 17.5 Å². The van der Waals surface area contributed by atoms with Gasteiger partial charge in [0.2, 0.25) is 0 Å². The zero-order chi connectivity index (χ0) is 19.6. The van der Waals surface area contributed by atoms with Crippen molar-refractivity contribution < 1.29 is 13.5 Å². The number of halogens is 2. The van der Waals surface area contributed by atoms with Crippen LogP contribution in [-0.2, 0) is 6.42 Å². The van der Waals surface area contributed by atoms with Crippen LogP contribution in [0.5, 0.6) is 5.75 Å². The molecule has 0 radical (unpaired) electrons. The van der Waals surface area contributed by atoms with Gasteiger partial charge in [0, 0.05) is 0 Å². The number of hydrogen-bond donors (Lipinski definition) is 0. The standard InChI is InChI=1S/C24H30F2O/c1-16(2)13-17-10-11-20(18-7-5-8-19(15-18)27-23(25)26)21(14-17)22-9-6-12-24(22,3)4/h5,7-8,10-11,14-16,22-23H,6,9,12-13H2,1-4H3/t22-/m1/s1. The molecule has 2 aromatic rings. The summed E-state index contributed by atoms with van der Waals surface area (Å²) in [5, 5.41) is 0. The second-order valence-corrected chi connectivity index (χ2v) is 8.86. The number of hydrogen-bond acceptors (Lipinski definition) is 1. The summed E-state index contributed by atoms with van der Waals surface area (Å²) in [7, 11) is 0. The van der Waals surface area contributed by atoms with Crippen molar-refractivity contribution in [2.24, 2.45) is 11.3 Å². The molecule has 3 heteroatoms. The fourth-order valence-electron chi connectivity index (χ4n) is 4.50. The zero-order valence-electron chi connectivity index (χ0n) is 16.8. The van der Waals surface area contributed by atoms with Crippen LogP contribution in [0, 0.1) is 11.3 Å². The molecule has 0 unspecified atom stereocenters. The van der Waals surface area contributed by atoms with Crippen molar-refractivity contribution in [3.8, 4) is 16.9 Å². The summed E-state index contributed by atoms with van der Waals surface area (Å²) >= 11 is 0. The van der Waals surface area contributed by atoms with E-state index in [1.165, 1.54) is 30.4 Å². The summed E-state index contributed by atoms with van der Waals surface area (Å²) in [6.07, 6.45) is 4.69. The van der Waals surface area contributed by atoms with Crippen LogP contribution in [0.4, 0.5) is 8.78 Å². The van der Waals surface area contributed by atoms with Crippen molar-refractivity contribution in [1.82, 2.24) is 0 Å². The first-order valence-corrected chi connectivity index (χ1v) is 9.94. The van der Waals surface area contributed by atoms with Crippen LogP contribution < -0.4 is 4.74 Å². The lowest BCUT2D eigenvalue weighted by molar-refractivity contribution is -0.0498. The molecule has 0 aromatic heterocycles. The van der Waals surface area contributed by atoms with E-state index in [1.54, 1.807) is 18.2 Å². The minimum atomic E-state index is -2.80. The smallest absolute Gasteiger partial charge is 0.387 e. The normalized spacial score (nSPS) is 19.0. The molecule has 27 heavy (non-hydrogen) atoms. The van der Waals surface area contributed by atoms with Crippen LogP contribution in [-0.4, -0.2) is 6.61 Å². The van der Waals surface area contributed by atoms with E-state index >= 15 is 0 Å². The number of rotatable bonds is 6. The summed E-state index contributed by atoms with van der Waals surface area (Å²) in [5.41, 5.74) is 5.04. The lowest BCUT2D eigenvalue weighted by Gasteiger charge is -2.30. The van der Waals surface area contributed by atoms with Crippen molar-refractivity contribution in [1.29, 1.82) is 0 Å². The quantitative estimate of drug-likeness (QED) is 0.512. The van der Waals surface area contributed by atoms with E-state index in [9.17, 15) is 8.78 Å². The second-order valence-electron chi connectivity index (χ2n) is 8.86. The predicted molar refractivity (Wildman–Crippen MR) is 107 cm³/mol. The van der Waals surface area contributed by atoms with E-state index in [0.29, 0.717) is 11.8 Å². The molecule has 1 aliphatic carbocycles. The summed E-state index contributed by atoms with van der Waals surface area (Å²) in [5.74, 6) is 1.30. The van der Waals surface area contributed by atoms with Gasteiger partial charge in [-0.05, 0) is 70.9 Å². The van der Waals surface area contributed by atoms with Gasteiger partial charge in [0.15, 0.2) is 0 Å². The molecule has 1 fully saturated rings. The van der Waals surface area contributed by atoms with Crippen molar-refractivity contribution in [2.45, 2.75) is 65.9 Å². The largest absolute Gasteiger partial charge is 0.435 e. The Hall–Kier alpha value is -1.90. The van der Waals surface area contributed by atoms with Gasteiger partial charge in [-0.25, -0.2) is 0 Å². The van der Waals surface area contributed by atoms with Gasteiger partial charge in [0.05, 0.1) is 0 Å². The maximum atomic E-state index is 12.6. The molecule has 146 valence electrons. The molecule has 0 heterocycles. The predicted octanol–water partition coefficient (Wildman–Crippen LogP) is 7.45. The van der Waals surface area contributed by atoms with E-state index in [1.807, 2.05) is 6.07 Å². The molecule has 1 nitrogen and oxygen atoms in total. The fourth-order valence-corrected chi connectivity index (χ4v) is 4.50. The highest BCUT2D eigenvalue weighted by molar-refractivity contribution is 5.70. The highest BCUT2D eigenvalue weighted by Gasteiger charge is 2.36. The van der Waals surface area contributed by atoms with Crippen LogP contribution >= 0.6 is 0 Å². The Bertz CT molecular complexity index is 780. The third kappa shape index (κ3) is 4.69. The Morgan fingerprint density at radius 1 is 1.11 bits per heavy atom. The van der Waals surface area contributed by atoms with Gasteiger partial charge in [-0.15, -0.1) is 0 Å². The molecule has 0 amide bonds. The van der Waals surface area contributed by atoms with Crippen LogP contribution in [0.1, 0.15) is 64.0 Å². The zero-order valence-corrected chi connectivity index (χ0v) is 16.8. The van der Waals surface area contributed by atoms with Gasteiger partial charge < -0.3 is 4.74 Å². The molecule has 0 aliphatic heterocycles. The maximum Gasteiger partial charge on any atom is 0.387 e. The van der Waals surface area contributed by atoms with Crippen molar-refractivity contribution in [3.05, 3.63) is 53.6 Å². The van der Waals surface area contributed by atoms with E-state index in [-0.39, 0.29) is 11.2 Å². The van der Waals surface area contributed by atoms with Crippen molar-refractivity contribution in [3.63, 3.8) is 0 Å². The molecule has 1 atom stereocenters. The summed E-state index contributed by atoms with van der Waals surface area (Å²) in [4.78, 5) is 0. The Kier molecular flexibility index (Phi) is 5.88. The second kappa shape index (κ2) is 8.00. The van der Waals surface area contributed by atoms with E-state index in [4.69, 9.17) is 0 Å². The maximum absolute atomic E-state index is 12.6. The lowest BCUT2D eigenvalue weighted by Crippen LogP contribution is -2.16. The van der Waals surface area contributed by atoms with E-state index in [2.05, 4.69) is 50.6 Å². The molecule has 1 aliphatic rings. The first kappa shape index (κ1) is 19.9. The number of ether oxygens (including phenoxy) is 1.